The molecule has 80 valence electrons. The highest BCUT2D eigenvalue weighted by molar-refractivity contribution is 7.05. The molecule has 2 N–H and O–H groups in total. The van der Waals surface area contributed by atoms with Crippen molar-refractivity contribution in [1.29, 1.82) is 0 Å². The summed E-state index contributed by atoms with van der Waals surface area (Å²) in [4.78, 5) is 4.40. The maximum atomic E-state index is 5.82. The van der Waals surface area contributed by atoms with E-state index < -0.39 is 0 Å². The van der Waals surface area contributed by atoms with Gasteiger partial charge in [0.2, 0.25) is 0 Å². The van der Waals surface area contributed by atoms with Crippen molar-refractivity contribution in [2.45, 2.75) is 32.2 Å². The topological polar surface area (TPSA) is 61.0 Å². The summed E-state index contributed by atoms with van der Waals surface area (Å²) in [6.07, 6.45) is 0.748. The van der Waals surface area contributed by atoms with Gasteiger partial charge < -0.3 is 10.5 Å². The lowest BCUT2D eigenvalue weighted by Crippen LogP contribution is -2.27. The molecule has 1 atom stereocenters. The Morgan fingerprint density at radius 3 is 2.71 bits per heavy atom. The number of nitrogens with two attached hydrogens (primary N) is 1. The third kappa shape index (κ3) is 3.32. The third-order valence-electron chi connectivity index (χ3n) is 1.82. The van der Waals surface area contributed by atoms with Gasteiger partial charge in [0, 0.05) is 25.5 Å². The molecule has 0 spiro atoms. The Kier molecular flexibility index (Phi) is 4.44. The molecule has 0 saturated carbocycles. The minimum Gasteiger partial charge on any atom is -0.383 e. The molecule has 5 heteroatoms. The summed E-state index contributed by atoms with van der Waals surface area (Å²) in [5.74, 6) is 1.30. The van der Waals surface area contributed by atoms with Gasteiger partial charge in [0.05, 0.1) is 6.61 Å². The molecule has 1 unspecified atom stereocenters. The Morgan fingerprint density at radius 1 is 1.50 bits per heavy atom. The van der Waals surface area contributed by atoms with Gasteiger partial charge in [-0.1, -0.05) is 13.8 Å². The maximum absolute atomic E-state index is 5.82. The highest BCUT2D eigenvalue weighted by atomic mass is 32.1. The number of hydrogen-bond acceptors (Lipinski definition) is 5. The monoisotopic (exact) mass is 215 g/mol. The van der Waals surface area contributed by atoms with E-state index in [0.717, 1.165) is 17.3 Å². The molecule has 1 heterocycles. The summed E-state index contributed by atoms with van der Waals surface area (Å²) in [5, 5.41) is 0.998. The van der Waals surface area contributed by atoms with E-state index in [9.17, 15) is 0 Å². The molecule has 0 amide bonds. The van der Waals surface area contributed by atoms with Gasteiger partial charge in [-0.2, -0.15) is 4.37 Å². The molecule has 14 heavy (non-hydrogen) atoms. The maximum Gasteiger partial charge on any atom is 0.145 e. The largest absolute Gasteiger partial charge is 0.383 e. The zero-order chi connectivity index (χ0) is 10.6. The van der Waals surface area contributed by atoms with Gasteiger partial charge in [-0.05, 0) is 11.5 Å². The first-order chi connectivity index (χ1) is 6.63. The minimum absolute atomic E-state index is 0.0213. The molecule has 0 aliphatic carbocycles. The van der Waals surface area contributed by atoms with Crippen LogP contribution in [0.25, 0.3) is 0 Å². The molecular formula is C9H17N3OS. The lowest BCUT2D eigenvalue weighted by atomic mass is 10.2. The van der Waals surface area contributed by atoms with Gasteiger partial charge in [0.25, 0.3) is 0 Å². The first kappa shape index (κ1) is 11.6. The normalized spacial score (nSPS) is 13.5. The molecule has 1 rings (SSSR count). The first-order valence-corrected chi connectivity index (χ1v) is 5.47. The third-order valence-corrected chi connectivity index (χ3v) is 2.56. The predicted octanol–water partition coefficient (Wildman–Crippen LogP) is 1.18. The van der Waals surface area contributed by atoms with Crippen LogP contribution < -0.4 is 5.73 Å². The fourth-order valence-corrected chi connectivity index (χ4v) is 1.96. The summed E-state index contributed by atoms with van der Waals surface area (Å²) in [7, 11) is 1.65. The molecule has 1 aromatic heterocycles. The number of nitrogens with zero attached hydrogens (tertiary/aromatic N) is 2. The van der Waals surface area contributed by atoms with Crippen molar-refractivity contribution in [3.8, 4) is 0 Å². The lowest BCUT2D eigenvalue weighted by molar-refractivity contribution is 0.180. The van der Waals surface area contributed by atoms with Crippen molar-refractivity contribution < 1.29 is 4.74 Å². The number of hydrogen-bond donors (Lipinski definition) is 1. The van der Waals surface area contributed by atoms with E-state index in [1.807, 2.05) is 0 Å². The molecule has 0 aromatic carbocycles. The smallest absolute Gasteiger partial charge is 0.145 e. The van der Waals surface area contributed by atoms with Crippen LogP contribution in [0.1, 0.15) is 30.6 Å². The van der Waals surface area contributed by atoms with Gasteiger partial charge >= 0.3 is 0 Å². The van der Waals surface area contributed by atoms with Gasteiger partial charge in [-0.3, -0.25) is 0 Å². The molecule has 0 aliphatic heterocycles. The number of ether oxygens (including phenoxy) is 1. The van der Waals surface area contributed by atoms with Crippen LogP contribution >= 0.6 is 11.5 Å². The average molecular weight is 215 g/mol. The van der Waals surface area contributed by atoms with E-state index in [0.29, 0.717) is 12.5 Å². The van der Waals surface area contributed by atoms with E-state index in [2.05, 4.69) is 23.2 Å². The fraction of sp³-hybridized carbons (Fsp3) is 0.778. The molecule has 0 fully saturated rings. The van der Waals surface area contributed by atoms with Crippen molar-refractivity contribution in [1.82, 2.24) is 9.36 Å². The Balaban J connectivity index is 2.51. The number of rotatable bonds is 5. The summed E-state index contributed by atoms with van der Waals surface area (Å²) in [6, 6.07) is 0.0213. The average Bonchev–Trinajstić information content (AvgIpc) is 2.53. The van der Waals surface area contributed by atoms with E-state index in [-0.39, 0.29) is 6.04 Å². The van der Waals surface area contributed by atoms with Crippen LogP contribution in [-0.2, 0) is 11.2 Å². The lowest BCUT2D eigenvalue weighted by Gasteiger charge is -2.06. The molecule has 4 nitrogen and oxygen atoms in total. The Labute approximate surface area is 88.7 Å². The summed E-state index contributed by atoms with van der Waals surface area (Å²) >= 11 is 1.44. The zero-order valence-corrected chi connectivity index (χ0v) is 9.67. The molecule has 0 bridgehead atoms. The van der Waals surface area contributed by atoms with Crippen molar-refractivity contribution in [3.05, 3.63) is 10.8 Å². The van der Waals surface area contributed by atoms with Crippen molar-refractivity contribution in [2.24, 2.45) is 5.73 Å². The fourth-order valence-electron chi connectivity index (χ4n) is 1.08. The SMILES string of the molecule is COCC(N)Cc1nc(C(C)C)ns1. The van der Waals surface area contributed by atoms with E-state index in [4.69, 9.17) is 10.5 Å². The highest BCUT2D eigenvalue weighted by Gasteiger charge is 2.10. The number of methoxy groups -OCH3 is 1. The van der Waals surface area contributed by atoms with Crippen molar-refractivity contribution >= 4 is 11.5 Å². The predicted molar refractivity (Wildman–Crippen MR) is 57.6 cm³/mol. The molecular weight excluding hydrogens is 198 g/mol. The van der Waals surface area contributed by atoms with Gasteiger partial charge in [0.1, 0.15) is 10.8 Å². The van der Waals surface area contributed by atoms with E-state index in [1.165, 1.54) is 11.5 Å². The quantitative estimate of drug-likeness (QED) is 0.801. The Hall–Kier alpha value is -0.520. The van der Waals surface area contributed by atoms with Crippen molar-refractivity contribution in [3.63, 3.8) is 0 Å². The van der Waals surface area contributed by atoms with Crippen LogP contribution in [0.2, 0.25) is 0 Å². The molecule has 0 aliphatic rings. The summed E-state index contributed by atoms with van der Waals surface area (Å²) < 4.78 is 9.22. The Bertz CT molecular complexity index is 275. The second kappa shape index (κ2) is 5.38. The molecule has 0 radical (unpaired) electrons. The van der Waals surface area contributed by atoms with Crippen LogP contribution in [-0.4, -0.2) is 29.1 Å². The minimum atomic E-state index is 0.0213. The Morgan fingerprint density at radius 2 is 2.21 bits per heavy atom. The molecule has 0 saturated heterocycles. The molecule has 1 aromatic rings. The van der Waals surface area contributed by atoms with E-state index in [1.54, 1.807) is 7.11 Å². The van der Waals surface area contributed by atoms with Gasteiger partial charge in [0.15, 0.2) is 0 Å². The van der Waals surface area contributed by atoms with Crippen molar-refractivity contribution in [2.75, 3.05) is 13.7 Å². The first-order valence-electron chi connectivity index (χ1n) is 4.70. The van der Waals surface area contributed by atoms with Gasteiger partial charge in [-0.25, -0.2) is 4.98 Å². The highest BCUT2D eigenvalue weighted by Crippen LogP contribution is 2.14. The van der Waals surface area contributed by atoms with Crippen LogP contribution in [0.3, 0.4) is 0 Å². The van der Waals surface area contributed by atoms with Crippen LogP contribution in [0.15, 0.2) is 0 Å². The zero-order valence-electron chi connectivity index (χ0n) is 8.86. The van der Waals surface area contributed by atoms with Gasteiger partial charge in [-0.15, -0.1) is 0 Å². The van der Waals surface area contributed by atoms with Crippen LogP contribution in [0.4, 0.5) is 0 Å². The number of aromatic nitrogens is 2. The van der Waals surface area contributed by atoms with Crippen LogP contribution in [0, 0.1) is 0 Å². The van der Waals surface area contributed by atoms with Crippen LogP contribution in [0.5, 0.6) is 0 Å². The second-order valence-corrected chi connectivity index (χ2v) is 4.46. The van der Waals surface area contributed by atoms with E-state index >= 15 is 0 Å². The summed E-state index contributed by atoms with van der Waals surface area (Å²) in [5.41, 5.74) is 5.82. The standard InChI is InChI=1S/C9H17N3OS/c1-6(2)9-11-8(14-12-9)4-7(10)5-13-3/h6-7H,4-5,10H2,1-3H3. The second-order valence-electron chi connectivity index (χ2n) is 3.62. The summed E-state index contributed by atoms with van der Waals surface area (Å²) in [6.45, 7) is 4.73.